The van der Waals surface area contributed by atoms with E-state index in [2.05, 4.69) is 62.1 Å². The summed E-state index contributed by atoms with van der Waals surface area (Å²) in [5.41, 5.74) is 6.31. The Morgan fingerprint density at radius 1 is 1.03 bits per heavy atom. The molecule has 1 atom stereocenters. The molecule has 4 heteroatoms. The van der Waals surface area contributed by atoms with Crippen molar-refractivity contribution in [2.75, 3.05) is 11.4 Å². The van der Waals surface area contributed by atoms with Gasteiger partial charge in [-0.1, -0.05) is 56.3 Å². The number of carbonyl (C=O) groups is 1. The lowest BCUT2D eigenvalue weighted by Gasteiger charge is -2.48. The van der Waals surface area contributed by atoms with Crippen molar-refractivity contribution < 1.29 is 15.0 Å². The van der Waals surface area contributed by atoms with E-state index in [0.717, 1.165) is 41.4 Å². The molecule has 1 aliphatic rings. The summed E-state index contributed by atoms with van der Waals surface area (Å²) in [6, 6.07) is 22.5. The number of benzene rings is 3. The van der Waals surface area contributed by atoms with E-state index in [1.807, 2.05) is 24.3 Å². The first-order valence-corrected chi connectivity index (χ1v) is 11.0. The Balaban J connectivity index is 1.81. The molecule has 0 bridgehead atoms. The molecule has 3 aromatic rings. The molecule has 0 saturated carbocycles. The lowest BCUT2D eigenvalue weighted by atomic mass is 9.76. The van der Waals surface area contributed by atoms with Crippen molar-refractivity contribution in [3.05, 3.63) is 101 Å². The molecule has 1 heterocycles. The SMILES string of the molecule is CC(C)c1ccc(N2CCc3cc(O)ccc3C2(C)c2ccc(C=CC(=O)O)cc2)cc1. The van der Waals surface area contributed by atoms with Crippen LogP contribution in [0.5, 0.6) is 5.75 Å². The number of hydrogen-bond acceptors (Lipinski definition) is 3. The molecule has 0 amide bonds. The van der Waals surface area contributed by atoms with Gasteiger partial charge in [0.05, 0.1) is 5.54 Å². The average molecular weight is 428 g/mol. The van der Waals surface area contributed by atoms with E-state index in [1.165, 1.54) is 11.1 Å². The van der Waals surface area contributed by atoms with E-state index in [4.69, 9.17) is 5.11 Å². The quantitative estimate of drug-likeness (QED) is 0.495. The highest BCUT2D eigenvalue weighted by atomic mass is 16.4. The smallest absolute Gasteiger partial charge is 0.328 e. The zero-order valence-corrected chi connectivity index (χ0v) is 18.7. The molecule has 0 fully saturated rings. The third-order valence-corrected chi connectivity index (χ3v) is 6.52. The Labute approximate surface area is 189 Å². The summed E-state index contributed by atoms with van der Waals surface area (Å²) in [5, 5.41) is 19.0. The Hall–Kier alpha value is -3.53. The predicted octanol–water partition coefficient (Wildman–Crippen LogP) is 5.94. The number of rotatable bonds is 5. The van der Waals surface area contributed by atoms with Gasteiger partial charge in [0.15, 0.2) is 0 Å². The topological polar surface area (TPSA) is 60.8 Å². The van der Waals surface area contributed by atoms with Crippen LogP contribution in [0.1, 0.15) is 54.5 Å². The van der Waals surface area contributed by atoms with E-state index >= 15 is 0 Å². The second kappa shape index (κ2) is 8.54. The summed E-state index contributed by atoms with van der Waals surface area (Å²) in [5.74, 6) is -0.194. The molecule has 32 heavy (non-hydrogen) atoms. The number of phenolic OH excluding ortho intramolecular Hbond substituents is 1. The number of anilines is 1. The van der Waals surface area contributed by atoms with Crippen molar-refractivity contribution in [1.82, 2.24) is 0 Å². The molecule has 3 aromatic carbocycles. The Morgan fingerprint density at radius 3 is 2.34 bits per heavy atom. The van der Waals surface area contributed by atoms with Crippen molar-refractivity contribution in [2.24, 2.45) is 0 Å². The zero-order valence-electron chi connectivity index (χ0n) is 18.7. The lowest BCUT2D eigenvalue weighted by Crippen LogP contribution is -2.49. The third-order valence-electron chi connectivity index (χ3n) is 6.52. The van der Waals surface area contributed by atoms with Crippen molar-refractivity contribution in [1.29, 1.82) is 0 Å². The molecule has 0 saturated heterocycles. The number of hydrogen-bond donors (Lipinski definition) is 2. The summed E-state index contributed by atoms with van der Waals surface area (Å²) in [6.07, 6.45) is 3.60. The fourth-order valence-corrected chi connectivity index (χ4v) is 4.69. The first kappa shape index (κ1) is 21.7. The molecule has 0 aromatic heterocycles. The van der Waals surface area contributed by atoms with Crippen LogP contribution in [0.3, 0.4) is 0 Å². The van der Waals surface area contributed by atoms with Gasteiger partial charge in [0.2, 0.25) is 0 Å². The largest absolute Gasteiger partial charge is 0.508 e. The van der Waals surface area contributed by atoms with Crippen LogP contribution in [-0.2, 0) is 16.8 Å². The minimum Gasteiger partial charge on any atom is -0.508 e. The van der Waals surface area contributed by atoms with E-state index < -0.39 is 11.5 Å². The molecule has 0 aliphatic carbocycles. The van der Waals surface area contributed by atoms with E-state index in [1.54, 1.807) is 12.1 Å². The van der Waals surface area contributed by atoms with Gasteiger partial charge in [-0.15, -0.1) is 0 Å². The van der Waals surface area contributed by atoms with Gasteiger partial charge >= 0.3 is 5.97 Å². The highest BCUT2D eigenvalue weighted by molar-refractivity contribution is 5.85. The fourth-order valence-electron chi connectivity index (χ4n) is 4.69. The van der Waals surface area contributed by atoms with Crippen LogP contribution in [0, 0.1) is 0 Å². The average Bonchev–Trinajstić information content (AvgIpc) is 2.78. The first-order chi connectivity index (χ1) is 15.3. The summed E-state index contributed by atoms with van der Waals surface area (Å²) in [6.45, 7) is 7.45. The van der Waals surface area contributed by atoms with Gasteiger partial charge in [-0.3, -0.25) is 0 Å². The molecular weight excluding hydrogens is 398 g/mol. The third kappa shape index (κ3) is 4.01. The summed E-state index contributed by atoms with van der Waals surface area (Å²) in [7, 11) is 0. The van der Waals surface area contributed by atoms with Gasteiger partial charge in [0.25, 0.3) is 0 Å². The maximum Gasteiger partial charge on any atom is 0.328 e. The number of fused-ring (bicyclic) bond motifs is 1. The molecular formula is C28H29NO3. The maximum absolute atomic E-state index is 10.9. The van der Waals surface area contributed by atoms with Crippen LogP contribution in [-0.4, -0.2) is 22.7 Å². The molecule has 0 spiro atoms. The van der Waals surface area contributed by atoms with Gasteiger partial charge in [0, 0.05) is 18.3 Å². The van der Waals surface area contributed by atoms with Crippen LogP contribution in [0.4, 0.5) is 5.69 Å². The van der Waals surface area contributed by atoms with Crippen molar-refractivity contribution in [2.45, 2.75) is 38.6 Å². The standard InChI is InChI=1S/C28H29NO3/c1-19(2)21-7-11-24(12-8-21)29-17-16-22-18-25(30)13-14-26(22)28(29,3)23-9-4-20(5-10-23)6-15-27(31)32/h4-15,18-19,30H,16-17H2,1-3H3,(H,31,32). The van der Waals surface area contributed by atoms with Crippen molar-refractivity contribution in [3.63, 3.8) is 0 Å². The van der Waals surface area contributed by atoms with Gasteiger partial charge < -0.3 is 15.1 Å². The van der Waals surface area contributed by atoms with Crippen molar-refractivity contribution in [3.8, 4) is 5.75 Å². The molecule has 164 valence electrons. The van der Waals surface area contributed by atoms with Crippen LogP contribution in [0.2, 0.25) is 0 Å². The highest BCUT2D eigenvalue weighted by Crippen LogP contribution is 2.44. The second-order valence-electron chi connectivity index (χ2n) is 8.86. The minimum atomic E-state index is -0.960. The number of aliphatic carboxylic acids is 1. The van der Waals surface area contributed by atoms with Crippen LogP contribution in [0.25, 0.3) is 6.08 Å². The predicted molar refractivity (Wildman–Crippen MR) is 129 cm³/mol. The van der Waals surface area contributed by atoms with E-state index in [-0.39, 0.29) is 5.75 Å². The van der Waals surface area contributed by atoms with Gasteiger partial charge in [-0.2, -0.15) is 0 Å². The van der Waals surface area contributed by atoms with Gasteiger partial charge in [0.1, 0.15) is 5.75 Å². The summed E-state index contributed by atoms with van der Waals surface area (Å²) >= 11 is 0. The molecule has 4 rings (SSSR count). The Kier molecular flexibility index (Phi) is 5.79. The first-order valence-electron chi connectivity index (χ1n) is 11.0. The molecule has 4 nitrogen and oxygen atoms in total. The zero-order chi connectivity index (χ0) is 22.9. The second-order valence-corrected chi connectivity index (χ2v) is 8.86. The summed E-state index contributed by atoms with van der Waals surface area (Å²) in [4.78, 5) is 13.3. The lowest BCUT2D eigenvalue weighted by molar-refractivity contribution is -0.131. The van der Waals surface area contributed by atoms with Crippen molar-refractivity contribution >= 4 is 17.7 Å². The van der Waals surface area contributed by atoms with Crippen LogP contribution in [0.15, 0.2) is 72.8 Å². The maximum atomic E-state index is 10.9. The minimum absolute atomic E-state index is 0.287. The number of carboxylic acids is 1. The number of aromatic hydroxyl groups is 1. The Bertz CT molecular complexity index is 1150. The van der Waals surface area contributed by atoms with Gasteiger partial charge in [-0.25, -0.2) is 4.79 Å². The van der Waals surface area contributed by atoms with Crippen LogP contribution >= 0.6 is 0 Å². The Morgan fingerprint density at radius 2 is 1.72 bits per heavy atom. The highest BCUT2D eigenvalue weighted by Gasteiger charge is 2.40. The number of phenols is 1. The summed E-state index contributed by atoms with van der Waals surface area (Å²) < 4.78 is 0. The molecule has 1 unspecified atom stereocenters. The molecule has 1 aliphatic heterocycles. The van der Waals surface area contributed by atoms with Gasteiger partial charge in [-0.05, 0) is 77.4 Å². The monoisotopic (exact) mass is 427 g/mol. The molecule has 0 radical (unpaired) electrons. The van der Waals surface area contributed by atoms with Crippen LogP contribution < -0.4 is 4.90 Å². The van der Waals surface area contributed by atoms with E-state index in [0.29, 0.717) is 5.92 Å². The molecule has 2 N–H and O–H groups in total. The number of nitrogens with zero attached hydrogens (tertiary/aromatic N) is 1. The van der Waals surface area contributed by atoms with E-state index in [9.17, 15) is 9.90 Å². The normalized spacial score (nSPS) is 18.2. The number of carboxylic acid groups (broad SMARTS) is 1. The fraction of sp³-hybridized carbons (Fsp3) is 0.250.